The zero-order valence-electron chi connectivity index (χ0n) is 19.1. The number of para-hydroxylation sites is 2. The molecule has 0 spiro atoms. The highest BCUT2D eigenvalue weighted by molar-refractivity contribution is 5.80. The van der Waals surface area contributed by atoms with Crippen molar-refractivity contribution in [1.29, 1.82) is 0 Å². The third-order valence-electron chi connectivity index (χ3n) is 6.23. The van der Waals surface area contributed by atoms with Crippen LogP contribution in [0.5, 0.6) is 17.2 Å². The Hall–Kier alpha value is -4.01. The minimum atomic E-state index is -0.723. The first-order valence-electron chi connectivity index (χ1n) is 11.2. The van der Waals surface area contributed by atoms with Crippen LogP contribution in [0.25, 0.3) is 11.3 Å². The molecule has 5 rings (SSSR count). The number of methoxy groups -OCH3 is 1. The van der Waals surface area contributed by atoms with Crippen molar-refractivity contribution in [3.8, 4) is 28.5 Å². The van der Waals surface area contributed by atoms with E-state index < -0.39 is 6.04 Å². The molecule has 0 aliphatic carbocycles. The van der Waals surface area contributed by atoms with Gasteiger partial charge in [0.2, 0.25) is 12.7 Å². The monoisotopic (exact) mass is 462 g/mol. The second-order valence-corrected chi connectivity index (χ2v) is 8.23. The Bertz CT molecular complexity index is 1270. The van der Waals surface area contributed by atoms with E-state index in [-0.39, 0.29) is 18.3 Å². The van der Waals surface area contributed by atoms with Crippen LogP contribution in [0.2, 0.25) is 0 Å². The van der Waals surface area contributed by atoms with Crippen LogP contribution in [0.3, 0.4) is 0 Å². The maximum Gasteiger partial charge on any atom is 0.267 e. The normalized spacial score (nSPS) is 15.8. The van der Waals surface area contributed by atoms with E-state index in [1.54, 1.807) is 25.0 Å². The Kier molecular flexibility index (Phi) is 5.83. The standard InChI is InChI=1S/C25H26N4O5/c1-17(25(31)28-13-11-27(12-14-28)20-5-3-4-6-21(20)32-2)29-24(30)10-8-19(26-29)18-7-9-22-23(15-18)34-16-33-22/h3-10,15,17H,11-14,16H2,1-2H3. The van der Waals surface area contributed by atoms with Gasteiger partial charge < -0.3 is 24.0 Å². The summed E-state index contributed by atoms with van der Waals surface area (Å²) in [4.78, 5) is 29.8. The van der Waals surface area contributed by atoms with E-state index in [1.807, 2.05) is 42.5 Å². The predicted molar refractivity (Wildman–Crippen MR) is 127 cm³/mol. The zero-order valence-corrected chi connectivity index (χ0v) is 19.1. The fourth-order valence-corrected chi connectivity index (χ4v) is 4.34. The van der Waals surface area contributed by atoms with Crippen molar-refractivity contribution in [2.45, 2.75) is 13.0 Å². The number of carbonyl (C=O) groups is 1. The van der Waals surface area contributed by atoms with Crippen molar-refractivity contribution in [2.24, 2.45) is 0 Å². The van der Waals surface area contributed by atoms with Crippen LogP contribution in [-0.2, 0) is 4.79 Å². The highest BCUT2D eigenvalue weighted by atomic mass is 16.7. The molecule has 0 N–H and O–H groups in total. The SMILES string of the molecule is COc1ccccc1N1CCN(C(=O)C(C)n2nc(-c3ccc4c(c3)OCO4)ccc2=O)CC1. The molecule has 1 saturated heterocycles. The average Bonchev–Trinajstić information content (AvgIpc) is 3.36. The first kappa shape index (κ1) is 21.8. The maximum atomic E-state index is 13.3. The van der Waals surface area contributed by atoms with Crippen LogP contribution >= 0.6 is 0 Å². The summed E-state index contributed by atoms with van der Waals surface area (Å²) in [5.41, 5.74) is 2.05. The molecule has 2 aliphatic rings. The molecular formula is C25H26N4O5. The van der Waals surface area contributed by atoms with Gasteiger partial charge in [0.1, 0.15) is 11.8 Å². The van der Waals surface area contributed by atoms with Crippen LogP contribution < -0.4 is 24.7 Å². The summed E-state index contributed by atoms with van der Waals surface area (Å²) in [6.45, 7) is 4.36. The first-order chi connectivity index (χ1) is 16.5. The number of anilines is 1. The zero-order chi connectivity index (χ0) is 23.7. The van der Waals surface area contributed by atoms with Crippen molar-refractivity contribution in [3.05, 3.63) is 65.0 Å². The molecule has 0 bridgehead atoms. The summed E-state index contributed by atoms with van der Waals surface area (Å²) in [6, 6.07) is 15.7. The molecule has 3 aromatic rings. The molecule has 1 aromatic heterocycles. The molecule has 1 unspecified atom stereocenters. The van der Waals surface area contributed by atoms with Gasteiger partial charge in [0.15, 0.2) is 11.5 Å². The second kappa shape index (κ2) is 9.09. The van der Waals surface area contributed by atoms with Crippen molar-refractivity contribution in [2.75, 3.05) is 45.0 Å². The molecule has 9 nitrogen and oxygen atoms in total. The number of nitrogens with zero attached hydrogens (tertiary/aromatic N) is 4. The lowest BCUT2D eigenvalue weighted by molar-refractivity contribution is -0.135. The molecule has 176 valence electrons. The molecule has 9 heteroatoms. The number of amides is 1. The quantitative estimate of drug-likeness (QED) is 0.576. The van der Waals surface area contributed by atoms with E-state index in [2.05, 4.69) is 10.00 Å². The lowest BCUT2D eigenvalue weighted by Crippen LogP contribution is -2.51. The Morgan fingerprint density at radius 1 is 1.00 bits per heavy atom. The molecule has 2 aromatic carbocycles. The number of fused-ring (bicyclic) bond motifs is 1. The van der Waals surface area contributed by atoms with E-state index in [4.69, 9.17) is 14.2 Å². The summed E-state index contributed by atoms with van der Waals surface area (Å²) < 4.78 is 17.5. The fourth-order valence-electron chi connectivity index (χ4n) is 4.34. The fraction of sp³-hybridized carbons (Fsp3) is 0.320. The van der Waals surface area contributed by atoms with Gasteiger partial charge in [-0.2, -0.15) is 5.10 Å². The highest BCUT2D eigenvalue weighted by Crippen LogP contribution is 2.35. The van der Waals surface area contributed by atoms with E-state index in [0.717, 1.165) is 17.0 Å². The summed E-state index contributed by atoms with van der Waals surface area (Å²) >= 11 is 0. The van der Waals surface area contributed by atoms with E-state index in [1.165, 1.54) is 10.7 Å². The Morgan fingerprint density at radius 2 is 1.76 bits per heavy atom. The summed E-state index contributed by atoms with van der Waals surface area (Å²) in [5.74, 6) is 1.99. The van der Waals surface area contributed by atoms with Crippen LogP contribution in [0, 0.1) is 0 Å². The largest absolute Gasteiger partial charge is 0.495 e. The number of carbonyl (C=O) groups excluding carboxylic acids is 1. The summed E-state index contributed by atoms with van der Waals surface area (Å²) in [7, 11) is 1.66. The van der Waals surface area contributed by atoms with Gasteiger partial charge in [-0.25, -0.2) is 4.68 Å². The molecule has 2 aliphatic heterocycles. The maximum absolute atomic E-state index is 13.3. The Labute approximate surface area is 197 Å². The predicted octanol–water partition coefficient (Wildman–Crippen LogP) is 2.56. The van der Waals surface area contributed by atoms with Crippen molar-refractivity contribution >= 4 is 11.6 Å². The number of hydrogen-bond donors (Lipinski definition) is 0. The number of aromatic nitrogens is 2. The smallest absolute Gasteiger partial charge is 0.267 e. The summed E-state index contributed by atoms with van der Waals surface area (Å²) in [5, 5.41) is 4.50. The van der Waals surface area contributed by atoms with E-state index in [0.29, 0.717) is 43.4 Å². The number of piperazine rings is 1. The minimum Gasteiger partial charge on any atom is -0.495 e. The van der Waals surface area contributed by atoms with Gasteiger partial charge in [-0.3, -0.25) is 9.59 Å². The molecular weight excluding hydrogens is 436 g/mol. The highest BCUT2D eigenvalue weighted by Gasteiger charge is 2.28. The Morgan fingerprint density at radius 3 is 2.56 bits per heavy atom. The number of benzene rings is 2. The lowest BCUT2D eigenvalue weighted by Gasteiger charge is -2.37. The van der Waals surface area contributed by atoms with Gasteiger partial charge >= 0.3 is 0 Å². The van der Waals surface area contributed by atoms with Crippen LogP contribution in [0.1, 0.15) is 13.0 Å². The van der Waals surface area contributed by atoms with Gasteiger partial charge in [0, 0.05) is 37.8 Å². The lowest BCUT2D eigenvalue weighted by atomic mass is 10.1. The average molecular weight is 463 g/mol. The van der Waals surface area contributed by atoms with Gasteiger partial charge in [0.25, 0.3) is 5.56 Å². The molecule has 1 atom stereocenters. The number of ether oxygens (including phenoxy) is 3. The third kappa shape index (κ3) is 4.05. The van der Waals surface area contributed by atoms with Gasteiger partial charge in [0.05, 0.1) is 18.5 Å². The van der Waals surface area contributed by atoms with Crippen molar-refractivity contribution in [3.63, 3.8) is 0 Å². The molecule has 0 radical (unpaired) electrons. The van der Waals surface area contributed by atoms with E-state index in [9.17, 15) is 9.59 Å². The van der Waals surface area contributed by atoms with Gasteiger partial charge in [-0.1, -0.05) is 12.1 Å². The summed E-state index contributed by atoms with van der Waals surface area (Å²) in [6.07, 6.45) is 0. The number of rotatable bonds is 5. The molecule has 34 heavy (non-hydrogen) atoms. The molecule has 1 fully saturated rings. The first-order valence-corrected chi connectivity index (χ1v) is 11.2. The van der Waals surface area contributed by atoms with Crippen LogP contribution in [-0.4, -0.2) is 60.7 Å². The second-order valence-electron chi connectivity index (χ2n) is 8.23. The Balaban J connectivity index is 1.31. The van der Waals surface area contributed by atoms with Crippen molar-refractivity contribution in [1.82, 2.24) is 14.7 Å². The minimum absolute atomic E-state index is 0.128. The van der Waals surface area contributed by atoms with Crippen molar-refractivity contribution < 1.29 is 19.0 Å². The third-order valence-corrected chi connectivity index (χ3v) is 6.23. The number of hydrogen-bond acceptors (Lipinski definition) is 7. The van der Waals surface area contributed by atoms with Gasteiger partial charge in [-0.15, -0.1) is 0 Å². The molecule has 3 heterocycles. The van der Waals surface area contributed by atoms with E-state index >= 15 is 0 Å². The molecule has 1 amide bonds. The van der Waals surface area contributed by atoms with Crippen LogP contribution in [0.15, 0.2) is 59.4 Å². The topological polar surface area (TPSA) is 86.1 Å². The molecule has 0 saturated carbocycles. The van der Waals surface area contributed by atoms with Gasteiger partial charge in [-0.05, 0) is 43.3 Å². The van der Waals surface area contributed by atoms with Crippen LogP contribution in [0.4, 0.5) is 5.69 Å².